The van der Waals surface area contributed by atoms with Crippen molar-refractivity contribution in [1.82, 2.24) is 14.5 Å². The summed E-state index contributed by atoms with van der Waals surface area (Å²) in [4.78, 5) is 30.8. The van der Waals surface area contributed by atoms with Gasteiger partial charge in [-0.3, -0.25) is 14.5 Å². The Hall–Kier alpha value is -3.00. The van der Waals surface area contributed by atoms with E-state index in [1.165, 1.54) is 7.11 Å². The van der Waals surface area contributed by atoms with Gasteiger partial charge in [0.25, 0.3) is 5.56 Å². The van der Waals surface area contributed by atoms with Crippen molar-refractivity contribution >= 4 is 16.7 Å². The maximum Gasteiger partial charge on any atom is 0.255 e. The van der Waals surface area contributed by atoms with Crippen LogP contribution in [0.25, 0.3) is 10.9 Å². The van der Waals surface area contributed by atoms with Gasteiger partial charge in [-0.05, 0) is 71.2 Å². The van der Waals surface area contributed by atoms with Crippen molar-refractivity contribution in [3.05, 3.63) is 63.2 Å². The minimum absolute atomic E-state index is 0.00905. The van der Waals surface area contributed by atoms with Crippen molar-refractivity contribution in [1.29, 1.82) is 0 Å². The monoisotopic (exact) mass is 513 g/mol. The normalized spacial score (nSPS) is 16.0. The van der Waals surface area contributed by atoms with Gasteiger partial charge < -0.3 is 14.3 Å². The molecule has 0 saturated carbocycles. The number of methoxy groups -OCH3 is 1. The Labute approximate surface area is 216 Å². The molecule has 3 heterocycles. The lowest BCUT2D eigenvalue weighted by Gasteiger charge is -2.38. The molecule has 200 valence electrons. The number of carbonyl (C=O) groups is 1. The Kier molecular flexibility index (Phi) is 8.47. The van der Waals surface area contributed by atoms with E-state index in [1.807, 2.05) is 36.1 Å². The number of para-hydroxylation sites is 1. The van der Waals surface area contributed by atoms with Gasteiger partial charge in [0, 0.05) is 40.3 Å². The van der Waals surface area contributed by atoms with Gasteiger partial charge in [0.15, 0.2) is 5.78 Å². The summed E-state index contributed by atoms with van der Waals surface area (Å²) in [6, 6.07) is 9.19. The highest BCUT2D eigenvalue weighted by Gasteiger charge is 2.31. The zero-order chi connectivity index (χ0) is 26.7. The number of nitrogens with one attached hydrogen (secondary N) is 1. The van der Waals surface area contributed by atoms with Crippen LogP contribution in [0.5, 0.6) is 5.75 Å². The molecule has 1 fully saturated rings. The van der Waals surface area contributed by atoms with Crippen LogP contribution in [0.1, 0.15) is 59.5 Å². The molecule has 0 radical (unpaired) electrons. The summed E-state index contributed by atoms with van der Waals surface area (Å²) in [5.74, 6) is 0.824. The standard InChI is InChI=1S/C29H37F2N3O3/c1-18-15-27(37-4)24(29(36)32-18)9-10-26(35)28-20(3)34(25-8-6-5-7-23(25)28)19(2)21-11-13-33(14-12-21)22(16-30)17-31/h5-8,15,19,21-22H,9-14,16-17H2,1-4H3,(H,32,36)/t19-/m1/s1. The van der Waals surface area contributed by atoms with Crippen LogP contribution >= 0.6 is 0 Å². The van der Waals surface area contributed by atoms with E-state index in [1.54, 1.807) is 13.0 Å². The van der Waals surface area contributed by atoms with Gasteiger partial charge in [0.2, 0.25) is 0 Å². The van der Waals surface area contributed by atoms with Crippen LogP contribution < -0.4 is 10.3 Å². The van der Waals surface area contributed by atoms with Gasteiger partial charge in [-0.15, -0.1) is 0 Å². The Morgan fingerprint density at radius 2 is 1.84 bits per heavy atom. The first-order valence-corrected chi connectivity index (χ1v) is 13.1. The Morgan fingerprint density at radius 1 is 1.16 bits per heavy atom. The molecule has 3 aromatic rings. The number of alkyl halides is 2. The van der Waals surface area contributed by atoms with Crippen molar-refractivity contribution in [2.75, 3.05) is 33.5 Å². The smallest absolute Gasteiger partial charge is 0.255 e. The van der Waals surface area contributed by atoms with Crippen LogP contribution in [0.3, 0.4) is 0 Å². The van der Waals surface area contributed by atoms with E-state index in [9.17, 15) is 18.4 Å². The summed E-state index contributed by atoms with van der Waals surface area (Å²) in [5.41, 5.74) is 3.57. The molecular formula is C29H37F2N3O3. The van der Waals surface area contributed by atoms with Gasteiger partial charge in [-0.1, -0.05) is 18.2 Å². The molecule has 1 aromatic carbocycles. The number of aryl methyl sites for hydroxylation is 1. The second-order valence-corrected chi connectivity index (χ2v) is 10.2. The zero-order valence-corrected chi connectivity index (χ0v) is 22.2. The van der Waals surface area contributed by atoms with E-state index < -0.39 is 19.4 Å². The number of nitrogens with zero attached hydrogens (tertiary/aromatic N) is 2. The Bertz CT molecular complexity index is 1300. The van der Waals surface area contributed by atoms with Crippen LogP contribution in [-0.4, -0.2) is 59.8 Å². The number of aromatic amines is 1. The third kappa shape index (κ3) is 5.35. The number of pyridine rings is 1. The number of Topliss-reactive ketones (excluding diaryl/α,β-unsaturated/α-hetero) is 1. The lowest BCUT2D eigenvalue weighted by molar-refractivity contribution is 0.0838. The number of ketones is 1. The van der Waals surface area contributed by atoms with E-state index in [2.05, 4.69) is 16.5 Å². The molecule has 0 aliphatic carbocycles. The van der Waals surface area contributed by atoms with E-state index >= 15 is 0 Å². The number of hydrogen-bond acceptors (Lipinski definition) is 4. The van der Waals surface area contributed by atoms with Crippen molar-refractivity contribution < 1.29 is 18.3 Å². The number of aromatic nitrogens is 2. The zero-order valence-electron chi connectivity index (χ0n) is 22.2. The van der Waals surface area contributed by atoms with Gasteiger partial charge in [0.05, 0.1) is 18.7 Å². The molecule has 1 aliphatic heterocycles. The summed E-state index contributed by atoms with van der Waals surface area (Å²) in [7, 11) is 1.53. The molecule has 0 spiro atoms. The molecule has 1 aliphatic rings. The molecule has 0 bridgehead atoms. The maximum absolute atomic E-state index is 13.6. The third-order valence-corrected chi connectivity index (χ3v) is 8.02. The molecule has 6 nitrogen and oxygen atoms in total. The molecular weight excluding hydrogens is 476 g/mol. The molecule has 2 aromatic heterocycles. The number of likely N-dealkylation sites (tertiary alicyclic amines) is 1. The maximum atomic E-state index is 13.6. The fourth-order valence-electron chi connectivity index (χ4n) is 5.95. The molecule has 37 heavy (non-hydrogen) atoms. The number of ether oxygens (including phenoxy) is 1. The quantitative estimate of drug-likeness (QED) is 0.371. The average molecular weight is 514 g/mol. The van der Waals surface area contributed by atoms with E-state index in [0.717, 1.165) is 29.4 Å². The number of rotatable bonds is 10. The third-order valence-electron chi connectivity index (χ3n) is 8.02. The van der Waals surface area contributed by atoms with Crippen LogP contribution in [0.15, 0.2) is 35.1 Å². The highest BCUT2D eigenvalue weighted by Crippen LogP contribution is 2.36. The van der Waals surface area contributed by atoms with E-state index in [4.69, 9.17) is 4.74 Å². The van der Waals surface area contributed by atoms with Crippen molar-refractivity contribution in [3.8, 4) is 5.75 Å². The first-order valence-electron chi connectivity index (χ1n) is 13.1. The first-order chi connectivity index (χ1) is 17.8. The van der Waals surface area contributed by atoms with Crippen molar-refractivity contribution in [3.63, 3.8) is 0 Å². The molecule has 0 amide bonds. The topological polar surface area (TPSA) is 67.3 Å². The van der Waals surface area contributed by atoms with Gasteiger partial charge in [0.1, 0.15) is 19.1 Å². The highest BCUT2D eigenvalue weighted by atomic mass is 19.1. The Morgan fingerprint density at radius 3 is 2.49 bits per heavy atom. The molecule has 8 heteroatoms. The van der Waals surface area contributed by atoms with Crippen LogP contribution in [-0.2, 0) is 6.42 Å². The van der Waals surface area contributed by atoms with Gasteiger partial charge >= 0.3 is 0 Å². The summed E-state index contributed by atoms with van der Waals surface area (Å²) >= 11 is 0. The van der Waals surface area contributed by atoms with Crippen molar-refractivity contribution in [2.45, 2.75) is 58.5 Å². The molecule has 1 atom stereocenters. The van der Waals surface area contributed by atoms with Crippen LogP contribution in [0.4, 0.5) is 8.78 Å². The first kappa shape index (κ1) is 27.0. The second-order valence-electron chi connectivity index (χ2n) is 10.2. The van der Waals surface area contributed by atoms with E-state index in [0.29, 0.717) is 41.6 Å². The number of fused-ring (bicyclic) bond motifs is 1. The predicted molar refractivity (Wildman–Crippen MR) is 142 cm³/mol. The predicted octanol–water partition coefficient (Wildman–Crippen LogP) is 5.35. The average Bonchev–Trinajstić information content (AvgIpc) is 3.19. The minimum atomic E-state index is -0.663. The summed E-state index contributed by atoms with van der Waals surface area (Å²) < 4.78 is 34.0. The number of carbonyl (C=O) groups excluding carboxylic acids is 1. The molecule has 4 rings (SSSR count). The van der Waals surface area contributed by atoms with Crippen molar-refractivity contribution in [2.24, 2.45) is 5.92 Å². The lowest BCUT2D eigenvalue weighted by atomic mass is 9.89. The van der Waals surface area contributed by atoms with Crippen LogP contribution in [0, 0.1) is 19.8 Å². The summed E-state index contributed by atoms with van der Waals surface area (Å²) in [6.07, 6.45) is 2.18. The fraction of sp³-hybridized carbons (Fsp3) is 0.517. The van der Waals surface area contributed by atoms with Crippen LogP contribution in [0.2, 0.25) is 0 Å². The van der Waals surface area contributed by atoms with Gasteiger partial charge in [-0.25, -0.2) is 8.78 Å². The van der Waals surface area contributed by atoms with E-state index in [-0.39, 0.29) is 30.2 Å². The second kappa shape index (κ2) is 11.6. The summed E-state index contributed by atoms with van der Waals surface area (Å²) in [6.45, 7) is 5.97. The Balaban J connectivity index is 1.59. The largest absolute Gasteiger partial charge is 0.496 e. The SMILES string of the molecule is COc1cc(C)[nH]c(=O)c1CCC(=O)c1c(C)n([C@H](C)C2CCN(C(CF)CF)CC2)c2ccccc12. The summed E-state index contributed by atoms with van der Waals surface area (Å²) in [5, 5.41) is 0.911. The number of halogens is 2. The number of hydrogen-bond donors (Lipinski definition) is 1. The minimum Gasteiger partial charge on any atom is -0.496 e. The highest BCUT2D eigenvalue weighted by molar-refractivity contribution is 6.09. The molecule has 1 N–H and O–H groups in total. The van der Waals surface area contributed by atoms with Gasteiger partial charge in [-0.2, -0.15) is 0 Å². The number of piperidine rings is 1. The number of benzene rings is 1. The molecule has 0 unspecified atom stereocenters. The fourth-order valence-corrected chi connectivity index (χ4v) is 5.95. The number of H-pyrrole nitrogens is 1. The molecule has 1 saturated heterocycles. The lowest BCUT2D eigenvalue weighted by Crippen LogP contribution is -2.44.